The Balaban J connectivity index is 1.97. The largest absolute Gasteiger partial charge is 0.467 e. The molecular formula is C21H28N2O3. The third-order valence-corrected chi connectivity index (χ3v) is 7.24. The van der Waals surface area contributed by atoms with E-state index in [1.165, 1.54) is 29.4 Å². The first kappa shape index (κ1) is 17.5. The van der Waals surface area contributed by atoms with Crippen molar-refractivity contribution in [2.45, 2.75) is 51.6 Å². The zero-order chi connectivity index (χ0) is 18.8. The molecule has 1 amide bonds. The Labute approximate surface area is 154 Å². The Kier molecular flexibility index (Phi) is 3.92. The Morgan fingerprint density at radius 2 is 2.00 bits per heavy atom. The quantitative estimate of drug-likeness (QED) is 0.823. The maximum absolute atomic E-state index is 13.1. The van der Waals surface area contributed by atoms with Gasteiger partial charge in [0.1, 0.15) is 6.04 Å². The van der Waals surface area contributed by atoms with E-state index in [2.05, 4.69) is 32.9 Å². The van der Waals surface area contributed by atoms with Crippen molar-refractivity contribution < 1.29 is 14.3 Å². The number of hydrogen-bond donors (Lipinski definition) is 1. The van der Waals surface area contributed by atoms with Crippen molar-refractivity contribution in [3.05, 3.63) is 34.4 Å². The van der Waals surface area contributed by atoms with Crippen LogP contribution in [-0.2, 0) is 26.3 Å². The molecule has 5 heteroatoms. The molecule has 1 saturated carbocycles. The number of esters is 1. The number of carbonyl (C=O) groups excluding carboxylic acids is 2. The second-order valence-corrected chi connectivity index (χ2v) is 8.42. The van der Waals surface area contributed by atoms with Gasteiger partial charge in [-0.25, -0.2) is 4.79 Å². The van der Waals surface area contributed by atoms with Gasteiger partial charge < -0.3 is 15.4 Å². The molecule has 2 aliphatic heterocycles. The fourth-order valence-electron chi connectivity index (χ4n) is 6.01. The monoisotopic (exact) mass is 356 g/mol. The van der Waals surface area contributed by atoms with Gasteiger partial charge in [0.2, 0.25) is 5.91 Å². The van der Waals surface area contributed by atoms with Crippen LogP contribution >= 0.6 is 0 Å². The molecule has 0 aromatic heterocycles. The summed E-state index contributed by atoms with van der Waals surface area (Å²) in [4.78, 5) is 27.5. The van der Waals surface area contributed by atoms with Crippen LogP contribution in [0.2, 0.25) is 0 Å². The van der Waals surface area contributed by atoms with Crippen LogP contribution in [0.15, 0.2) is 12.1 Å². The number of methoxy groups -OCH3 is 1. The van der Waals surface area contributed by atoms with Gasteiger partial charge in [0.05, 0.1) is 12.6 Å². The maximum atomic E-state index is 13.1. The van der Waals surface area contributed by atoms with E-state index in [0.29, 0.717) is 31.2 Å². The number of nitrogens with zero attached hydrogens (tertiary/aromatic N) is 1. The first-order valence-electron chi connectivity index (χ1n) is 9.55. The predicted octanol–water partition coefficient (Wildman–Crippen LogP) is 2.06. The molecular weight excluding hydrogens is 328 g/mol. The molecule has 1 aromatic rings. The number of hydrogen-bond acceptors (Lipinski definition) is 4. The molecule has 140 valence electrons. The highest BCUT2D eigenvalue weighted by molar-refractivity contribution is 5.89. The number of benzene rings is 1. The van der Waals surface area contributed by atoms with E-state index in [1.54, 1.807) is 0 Å². The second kappa shape index (κ2) is 5.81. The van der Waals surface area contributed by atoms with Crippen molar-refractivity contribution in [2.75, 3.05) is 13.7 Å². The molecule has 2 heterocycles. The van der Waals surface area contributed by atoms with E-state index in [4.69, 9.17) is 10.5 Å². The van der Waals surface area contributed by atoms with Crippen LogP contribution in [0.1, 0.15) is 42.0 Å². The van der Waals surface area contributed by atoms with E-state index in [1.807, 2.05) is 4.90 Å². The standard InChI is InChI=1S/C21H28N2O3/c1-11-5-14-7-18(20(25)26-4)23-19(24)8-17-15(10-22)13(3)9-21(17,23)16(14)6-12(11)2/h5-6,13,15,17-18H,7-10,22H2,1-4H3/t13-,15+,17-,18?,21?/m0/s1. The van der Waals surface area contributed by atoms with Crippen molar-refractivity contribution in [1.29, 1.82) is 0 Å². The summed E-state index contributed by atoms with van der Waals surface area (Å²) in [6, 6.07) is 3.92. The van der Waals surface area contributed by atoms with Crippen LogP contribution in [0.5, 0.6) is 0 Å². The molecule has 4 rings (SSSR count). The number of fused-ring (bicyclic) bond motifs is 1. The molecule has 2 N–H and O–H groups in total. The number of nitrogens with two attached hydrogens (primary N) is 1. The lowest BCUT2D eigenvalue weighted by Gasteiger charge is -2.48. The predicted molar refractivity (Wildman–Crippen MR) is 98.4 cm³/mol. The number of aryl methyl sites for hydroxylation is 2. The third kappa shape index (κ3) is 2.07. The van der Waals surface area contributed by atoms with Crippen molar-refractivity contribution in [1.82, 2.24) is 4.90 Å². The van der Waals surface area contributed by atoms with E-state index in [-0.39, 0.29) is 17.8 Å². The molecule has 1 aromatic carbocycles. The Bertz CT molecular complexity index is 790. The van der Waals surface area contributed by atoms with E-state index < -0.39 is 11.6 Å². The minimum absolute atomic E-state index is 0.0691. The van der Waals surface area contributed by atoms with Gasteiger partial charge in [-0.3, -0.25) is 4.79 Å². The first-order chi connectivity index (χ1) is 12.3. The molecule has 26 heavy (non-hydrogen) atoms. The van der Waals surface area contributed by atoms with Crippen molar-refractivity contribution in [3.63, 3.8) is 0 Å². The summed E-state index contributed by atoms with van der Waals surface area (Å²) in [5.74, 6) is 0.648. The van der Waals surface area contributed by atoms with Crippen molar-refractivity contribution in [3.8, 4) is 0 Å². The summed E-state index contributed by atoms with van der Waals surface area (Å²) in [6.07, 6.45) is 1.88. The molecule has 5 nitrogen and oxygen atoms in total. The van der Waals surface area contributed by atoms with Gasteiger partial charge in [0, 0.05) is 12.8 Å². The number of amides is 1. The number of carbonyl (C=O) groups is 2. The highest BCUT2D eigenvalue weighted by Gasteiger charge is 2.65. The average Bonchev–Trinajstić information content (AvgIpc) is 3.03. The Morgan fingerprint density at radius 3 is 2.65 bits per heavy atom. The minimum Gasteiger partial charge on any atom is -0.467 e. The van der Waals surface area contributed by atoms with Crippen molar-refractivity contribution in [2.24, 2.45) is 23.5 Å². The van der Waals surface area contributed by atoms with E-state index >= 15 is 0 Å². The van der Waals surface area contributed by atoms with Gasteiger partial charge in [0.15, 0.2) is 0 Å². The number of ether oxygens (including phenoxy) is 1. The maximum Gasteiger partial charge on any atom is 0.328 e. The zero-order valence-electron chi connectivity index (χ0n) is 16.0. The highest BCUT2D eigenvalue weighted by atomic mass is 16.5. The van der Waals surface area contributed by atoms with Crippen molar-refractivity contribution >= 4 is 11.9 Å². The van der Waals surface area contributed by atoms with Gasteiger partial charge in [0.25, 0.3) is 0 Å². The summed E-state index contributed by atoms with van der Waals surface area (Å²) in [7, 11) is 1.41. The van der Waals surface area contributed by atoms with Gasteiger partial charge >= 0.3 is 5.97 Å². The third-order valence-electron chi connectivity index (χ3n) is 7.24. The fourth-order valence-corrected chi connectivity index (χ4v) is 6.01. The molecule has 5 atom stereocenters. The molecule has 1 spiro atoms. The van der Waals surface area contributed by atoms with Gasteiger partial charge in [-0.1, -0.05) is 19.1 Å². The number of rotatable bonds is 2. The SMILES string of the molecule is COC(=O)C1Cc2cc(C)c(C)cc2C23C[C@H](C)[C@@H](CN)[C@@H]2CC(=O)N13. The summed E-state index contributed by atoms with van der Waals surface area (Å²) < 4.78 is 5.08. The van der Waals surface area contributed by atoms with E-state index in [0.717, 1.165) is 6.42 Å². The van der Waals surface area contributed by atoms with Gasteiger partial charge in [-0.2, -0.15) is 0 Å². The first-order valence-corrected chi connectivity index (χ1v) is 9.55. The molecule has 0 bridgehead atoms. The summed E-state index contributed by atoms with van der Waals surface area (Å²) in [5, 5.41) is 0. The Hall–Kier alpha value is -1.88. The fraction of sp³-hybridized carbons (Fsp3) is 0.619. The van der Waals surface area contributed by atoms with Crippen LogP contribution in [0, 0.1) is 31.6 Å². The van der Waals surface area contributed by atoms with Crippen LogP contribution < -0.4 is 5.73 Å². The molecule has 2 fully saturated rings. The average molecular weight is 356 g/mol. The molecule has 2 unspecified atom stereocenters. The lowest BCUT2D eigenvalue weighted by molar-refractivity contribution is -0.156. The lowest BCUT2D eigenvalue weighted by atomic mass is 9.72. The topological polar surface area (TPSA) is 72.6 Å². The van der Waals surface area contributed by atoms with Crippen LogP contribution in [0.3, 0.4) is 0 Å². The van der Waals surface area contributed by atoms with Crippen LogP contribution in [0.4, 0.5) is 0 Å². The summed E-state index contributed by atoms with van der Waals surface area (Å²) in [6.45, 7) is 7.03. The highest BCUT2D eigenvalue weighted by Crippen LogP contribution is 2.61. The minimum atomic E-state index is -0.532. The summed E-state index contributed by atoms with van der Waals surface area (Å²) >= 11 is 0. The normalized spacial score (nSPS) is 35.1. The zero-order valence-corrected chi connectivity index (χ0v) is 16.0. The van der Waals surface area contributed by atoms with E-state index in [9.17, 15) is 9.59 Å². The van der Waals surface area contributed by atoms with Crippen LogP contribution in [0.25, 0.3) is 0 Å². The second-order valence-electron chi connectivity index (χ2n) is 8.42. The van der Waals surface area contributed by atoms with Gasteiger partial charge in [-0.15, -0.1) is 0 Å². The molecule has 1 saturated heterocycles. The molecule has 3 aliphatic rings. The molecule has 0 radical (unpaired) electrons. The van der Waals surface area contributed by atoms with Gasteiger partial charge in [-0.05, 0) is 66.8 Å². The smallest absolute Gasteiger partial charge is 0.328 e. The van der Waals surface area contributed by atoms with Crippen LogP contribution in [-0.4, -0.2) is 36.5 Å². The molecule has 1 aliphatic carbocycles. The Morgan fingerprint density at radius 1 is 1.31 bits per heavy atom. The lowest BCUT2D eigenvalue weighted by Crippen LogP contribution is -2.58. The summed E-state index contributed by atoms with van der Waals surface area (Å²) in [5.41, 5.74) is 10.6.